The Hall–Kier alpha value is -4.31. The van der Waals surface area contributed by atoms with Gasteiger partial charge in [-0.1, -0.05) is 30.3 Å². The number of carbonyl (C=O) groups excluding carboxylic acids is 2. The summed E-state index contributed by atoms with van der Waals surface area (Å²) in [5.41, 5.74) is 3.54. The molecule has 0 spiro atoms. The van der Waals surface area contributed by atoms with E-state index in [1.807, 2.05) is 30.3 Å². The zero-order valence-corrected chi connectivity index (χ0v) is 14.6. The van der Waals surface area contributed by atoms with Crippen LogP contribution in [0.3, 0.4) is 0 Å². The van der Waals surface area contributed by atoms with Crippen molar-refractivity contribution in [1.82, 2.24) is 10.5 Å². The number of ketones is 2. The molecule has 1 aromatic carbocycles. The number of rotatable bonds is 3. The lowest BCUT2D eigenvalue weighted by atomic mass is 10.0. The molecule has 29 heavy (non-hydrogen) atoms. The van der Waals surface area contributed by atoms with Gasteiger partial charge in [-0.15, -0.1) is 0 Å². The van der Waals surface area contributed by atoms with Gasteiger partial charge in [0.05, 0.1) is 16.2 Å². The summed E-state index contributed by atoms with van der Waals surface area (Å²) < 4.78 is 0. The highest BCUT2D eigenvalue weighted by Crippen LogP contribution is 2.27. The number of hydroxylamine groups is 3. The van der Waals surface area contributed by atoms with Gasteiger partial charge in [0.15, 0.2) is 5.82 Å². The zero-order chi connectivity index (χ0) is 20.5. The maximum Gasteiger partial charge on any atom is 0.321 e. The highest BCUT2D eigenvalue weighted by atomic mass is 16.7. The van der Waals surface area contributed by atoms with Crippen molar-refractivity contribution in [3.05, 3.63) is 99.2 Å². The Morgan fingerprint density at radius 3 is 2.62 bits per heavy atom. The number of benzene rings is 1. The van der Waals surface area contributed by atoms with Gasteiger partial charge in [-0.3, -0.25) is 24.9 Å². The number of hydrogen-bond donors (Lipinski definition) is 2. The van der Waals surface area contributed by atoms with Crippen LogP contribution >= 0.6 is 0 Å². The second kappa shape index (κ2) is 7.02. The number of carbonyl (C=O) groups is 2. The number of aliphatic imine (C=N–C) groups is 1. The van der Waals surface area contributed by atoms with Crippen LogP contribution in [0.5, 0.6) is 0 Å². The third-order valence-corrected chi connectivity index (χ3v) is 4.21. The van der Waals surface area contributed by atoms with E-state index in [0.29, 0.717) is 11.3 Å². The lowest BCUT2D eigenvalue weighted by Gasteiger charge is -2.20. The molecule has 0 amide bonds. The molecule has 0 aromatic heterocycles. The van der Waals surface area contributed by atoms with Crippen molar-refractivity contribution in [3.63, 3.8) is 0 Å². The van der Waals surface area contributed by atoms with E-state index in [1.165, 1.54) is 6.20 Å². The minimum absolute atomic E-state index is 0.000219. The van der Waals surface area contributed by atoms with Crippen LogP contribution in [0.4, 0.5) is 0 Å². The first kappa shape index (κ1) is 18.1. The molecule has 2 N–H and O–H groups in total. The number of Topliss-reactive ketones (excluding diaryl/α,β-unsaturated/α-hetero) is 1. The summed E-state index contributed by atoms with van der Waals surface area (Å²) in [5, 5.41) is 22.0. The van der Waals surface area contributed by atoms with E-state index in [1.54, 1.807) is 12.2 Å². The monoisotopic (exact) mass is 392 g/mol. The standard InChI is InChI=1S/C19H12N4O6/c24-16-10-13(9-15(17(16)25)23(27)28)19-20-18(21-29-19)12-6-7-22(26)14(8-12)11-4-2-1-3-5-11/h1-10,21,26H. The van der Waals surface area contributed by atoms with E-state index >= 15 is 0 Å². The number of hydrogen-bond acceptors (Lipinski definition) is 9. The van der Waals surface area contributed by atoms with Gasteiger partial charge in [0.25, 0.3) is 5.90 Å². The number of allylic oxidation sites excluding steroid dienone is 5. The normalized spacial score (nSPS) is 21.1. The molecule has 1 aromatic rings. The molecule has 0 bridgehead atoms. The van der Waals surface area contributed by atoms with Crippen LogP contribution < -0.4 is 5.48 Å². The molecule has 10 heteroatoms. The second-order valence-corrected chi connectivity index (χ2v) is 6.06. The van der Waals surface area contributed by atoms with Crippen molar-refractivity contribution in [1.29, 1.82) is 0 Å². The summed E-state index contributed by atoms with van der Waals surface area (Å²) in [7, 11) is 0. The van der Waals surface area contributed by atoms with Crippen LogP contribution in [0, 0.1) is 10.1 Å². The van der Waals surface area contributed by atoms with Gasteiger partial charge in [-0.2, -0.15) is 4.99 Å². The molecule has 0 atom stereocenters. The first-order chi connectivity index (χ1) is 13.9. The maximum absolute atomic E-state index is 11.7. The lowest BCUT2D eigenvalue weighted by molar-refractivity contribution is -0.418. The third kappa shape index (κ3) is 3.35. The zero-order valence-electron chi connectivity index (χ0n) is 14.6. The molecule has 0 fully saturated rings. The van der Waals surface area contributed by atoms with E-state index < -0.39 is 22.2 Å². The van der Waals surface area contributed by atoms with E-state index in [2.05, 4.69) is 10.5 Å². The molecule has 144 valence electrons. The molecule has 0 saturated heterocycles. The highest BCUT2D eigenvalue weighted by molar-refractivity contribution is 6.48. The van der Waals surface area contributed by atoms with E-state index in [0.717, 1.165) is 22.8 Å². The molecule has 3 aliphatic rings. The van der Waals surface area contributed by atoms with Crippen LogP contribution in [0.15, 0.2) is 88.5 Å². The molecule has 2 heterocycles. The first-order valence-electron chi connectivity index (χ1n) is 8.30. The van der Waals surface area contributed by atoms with Gasteiger partial charge in [0.2, 0.25) is 5.78 Å². The van der Waals surface area contributed by atoms with Crippen molar-refractivity contribution >= 4 is 23.2 Å². The lowest BCUT2D eigenvalue weighted by Crippen LogP contribution is -2.25. The first-order valence-corrected chi connectivity index (χ1v) is 8.30. The average Bonchev–Trinajstić information content (AvgIpc) is 3.21. The Kier molecular flexibility index (Phi) is 4.37. The summed E-state index contributed by atoms with van der Waals surface area (Å²) in [4.78, 5) is 42.8. The van der Waals surface area contributed by atoms with Crippen LogP contribution in [0.1, 0.15) is 5.56 Å². The summed E-state index contributed by atoms with van der Waals surface area (Å²) in [6.45, 7) is 0. The fraction of sp³-hybridized carbons (Fsp3) is 0. The largest absolute Gasteiger partial charge is 0.359 e. The van der Waals surface area contributed by atoms with E-state index in [4.69, 9.17) is 4.84 Å². The molecule has 0 radical (unpaired) electrons. The predicted molar refractivity (Wildman–Crippen MR) is 99.0 cm³/mol. The van der Waals surface area contributed by atoms with Crippen molar-refractivity contribution in [2.24, 2.45) is 4.99 Å². The van der Waals surface area contributed by atoms with Gasteiger partial charge in [0, 0.05) is 29.5 Å². The van der Waals surface area contributed by atoms with Crippen LogP contribution in [-0.4, -0.2) is 32.7 Å². The molecule has 1 aliphatic carbocycles. The SMILES string of the molecule is O=C1C=C(C2=NC(=C3C=CN(O)C(c4ccccc4)=C3)NO2)C=C([N+](=O)[O-])C1=O. The number of nitro groups is 1. The smallest absolute Gasteiger partial charge is 0.321 e. The Balaban J connectivity index is 1.70. The summed E-state index contributed by atoms with van der Waals surface area (Å²) in [6, 6.07) is 9.15. The predicted octanol–water partition coefficient (Wildman–Crippen LogP) is 1.63. The fourth-order valence-corrected chi connectivity index (χ4v) is 2.80. The van der Waals surface area contributed by atoms with Crippen molar-refractivity contribution < 1.29 is 24.6 Å². The molecule has 2 aliphatic heterocycles. The van der Waals surface area contributed by atoms with Crippen LogP contribution in [0.25, 0.3) is 5.70 Å². The van der Waals surface area contributed by atoms with E-state index in [-0.39, 0.29) is 17.3 Å². The third-order valence-electron chi connectivity index (χ3n) is 4.21. The Labute approximate surface area is 163 Å². The Morgan fingerprint density at radius 2 is 1.90 bits per heavy atom. The van der Waals surface area contributed by atoms with Gasteiger partial charge in [0.1, 0.15) is 0 Å². The molecular formula is C19H12N4O6. The van der Waals surface area contributed by atoms with Crippen LogP contribution in [0.2, 0.25) is 0 Å². The molecule has 10 nitrogen and oxygen atoms in total. The summed E-state index contributed by atoms with van der Waals surface area (Å²) in [5.74, 6) is -2.06. The Morgan fingerprint density at radius 1 is 1.14 bits per heavy atom. The highest BCUT2D eigenvalue weighted by Gasteiger charge is 2.34. The topological polar surface area (TPSA) is 134 Å². The van der Waals surface area contributed by atoms with E-state index in [9.17, 15) is 24.9 Å². The average molecular weight is 392 g/mol. The maximum atomic E-state index is 11.7. The summed E-state index contributed by atoms with van der Waals surface area (Å²) >= 11 is 0. The van der Waals surface area contributed by atoms with Gasteiger partial charge in [-0.05, 0) is 12.2 Å². The number of nitrogens with zero attached hydrogens (tertiary/aromatic N) is 3. The van der Waals surface area contributed by atoms with Crippen molar-refractivity contribution in [2.45, 2.75) is 0 Å². The molecule has 0 unspecified atom stereocenters. The van der Waals surface area contributed by atoms with Gasteiger partial charge in [-0.25, -0.2) is 10.5 Å². The minimum Gasteiger partial charge on any atom is -0.359 e. The quantitative estimate of drug-likeness (QED) is 0.343. The molecular weight excluding hydrogens is 380 g/mol. The molecule has 0 saturated carbocycles. The molecule has 4 rings (SSSR count). The van der Waals surface area contributed by atoms with Crippen LogP contribution in [-0.2, 0) is 14.4 Å². The summed E-state index contributed by atoms with van der Waals surface area (Å²) in [6.07, 6.45) is 6.53. The Bertz CT molecular complexity index is 1120. The van der Waals surface area contributed by atoms with Gasteiger partial charge < -0.3 is 4.84 Å². The minimum atomic E-state index is -1.20. The van der Waals surface area contributed by atoms with Crippen molar-refractivity contribution in [3.8, 4) is 0 Å². The van der Waals surface area contributed by atoms with Crippen molar-refractivity contribution in [2.75, 3.05) is 0 Å². The van der Waals surface area contributed by atoms with Gasteiger partial charge >= 0.3 is 11.5 Å². The fourth-order valence-electron chi connectivity index (χ4n) is 2.80. The second-order valence-electron chi connectivity index (χ2n) is 6.06. The number of nitrogens with one attached hydrogen (secondary N) is 1.